The molecule has 0 N–H and O–H groups in total. The maximum atomic E-state index is 6.62. The molecule has 47 heavy (non-hydrogen) atoms. The van der Waals surface area contributed by atoms with E-state index >= 15 is 0 Å². The van der Waals surface area contributed by atoms with Gasteiger partial charge in [-0.05, 0) is 116 Å². The van der Waals surface area contributed by atoms with Crippen molar-refractivity contribution >= 4 is 34.1 Å². The minimum absolute atomic E-state index is 0.418. The molecular weight excluding hydrogens is 571 g/mol. The molecule has 0 amide bonds. The number of hydrogen-bond donors (Lipinski definition) is 0. The van der Waals surface area contributed by atoms with Crippen LogP contribution in [-0.4, -0.2) is 18.3 Å². The molecule has 1 heterocycles. The Bertz CT molecular complexity index is 2330. The van der Waals surface area contributed by atoms with E-state index in [2.05, 4.69) is 167 Å². The molecule has 0 saturated carbocycles. The summed E-state index contributed by atoms with van der Waals surface area (Å²) in [5.41, 5.74) is 12.8. The van der Waals surface area contributed by atoms with E-state index in [9.17, 15) is 0 Å². The van der Waals surface area contributed by atoms with Crippen LogP contribution >= 0.6 is 0 Å². The Hall–Kier alpha value is -4.96. The highest BCUT2D eigenvalue weighted by atomic mass is 16.7. The molecule has 7 aromatic carbocycles. The van der Waals surface area contributed by atoms with E-state index < -0.39 is 18.3 Å². The summed E-state index contributed by atoms with van der Waals surface area (Å²) in [6.45, 7) is 8.49. The first-order valence-corrected chi connectivity index (χ1v) is 16.5. The fraction of sp³-hybridized carbons (Fsp3) is 0.136. The smallest absolute Gasteiger partial charge is 0.399 e. The average molecular weight is 607 g/mol. The normalized spacial score (nSPS) is 15.8. The van der Waals surface area contributed by atoms with Crippen molar-refractivity contribution in [3.63, 3.8) is 0 Å². The minimum Gasteiger partial charge on any atom is -0.399 e. The zero-order valence-electron chi connectivity index (χ0n) is 27.2. The topological polar surface area (TPSA) is 18.5 Å². The van der Waals surface area contributed by atoms with Crippen LogP contribution in [0, 0.1) is 0 Å². The number of rotatable bonds is 4. The fourth-order valence-electron chi connectivity index (χ4n) is 7.67. The van der Waals surface area contributed by atoms with Crippen molar-refractivity contribution in [2.75, 3.05) is 0 Å². The SMILES string of the molecule is CC1(C)OB(c2ccc3c4c(cccc24)-c2c-3c(-c3ccccc3)c3ccc(-c4ccccc4)cc3c2-c2ccccc2)OC1(C)C. The maximum absolute atomic E-state index is 6.62. The first-order valence-electron chi connectivity index (χ1n) is 16.5. The third-order valence-corrected chi connectivity index (χ3v) is 10.7. The molecule has 9 rings (SSSR count). The Morgan fingerprint density at radius 2 is 0.936 bits per heavy atom. The van der Waals surface area contributed by atoms with Gasteiger partial charge in [0.15, 0.2) is 0 Å². The summed E-state index contributed by atoms with van der Waals surface area (Å²) in [6, 6.07) is 50.8. The van der Waals surface area contributed by atoms with Crippen molar-refractivity contribution in [3.05, 3.63) is 140 Å². The Labute approximate surface area is 276 Å². The fourth-order valence-corrected chi connectivity index (χ4v) is 7.67. The third-order valence-electron chi connectivity index (χ3n) is 10.7. The van der Waals surface area contributed by atoms with Crippen LogP contribution in [-0.2, 0) is 9.31 Å². The highest BCUT2D eigenvalue weighted by molar-refractivity contribution is 6.65. The second-order valence-corrected chi connectivity index (χ2v) is 13.9. The van der Waals surface area contributed by atoms with Gasteiger partial charge in [-0.15, -0.1) is 0 Å². The maximum Gasteiger partial charge on any atom is 0.495 e. The number of benzene rings is 7. The monoisotopic (exact) mass is 606 g/mol. The van der Waals surface area contributed by atoms with E-state index in [1.807, 2.05) is 0 Å². The van der Waals surface area contributed by atoms with Gasteiger partial charge in [0.1, 0.15) is 0 Å². The third kappa shape index (κ3) is 4.20. The second kappa shape index (κ2) is 10.3. The lowest BCUT2D eigenvalue weighted by atomic mass is 9.75. The second-order valence-electron chi connectivity index (χ2n) is 13.9. The largest absolute Gasteiger partial charge is 0.495 e. The zero-order chi connectivity index (χ0) is 31.9. The Morgan fingerprint density at radius 1 is 0.404 bits per heavy atom. The summed E-state index contributed by atoms with van der Waals surface area (Å²) in [7, 11) is -0.442. The Balaban J connectivity index is 1.41. The molecule has 1 fully saturated rings. The Kier molecular flexibility index (Phi) is 6.18. The van der Waals surface area contributed by atoms with E-state index in [0.717, 1.165) is 5.46 Å². The van der Waals surface area contributed by atoms with Gasteiger partial charge < -0.3 is 9.31 Å². The summed E-state index contributed by atoms with van der Waals surface area (Å²) in [4.78, 5) is 0. The summed E-state index contributed by atoms with van der Waals surface area (Å²) < 4.78 is 13.2. The molecule has 2 nitrogen and oxygen atoms in total. The molecule has 0 bridgehead atoms. The predicted molar refractivity (Wildman–Crippen MR) is 198 cm³/mol. The van der Waals surface area contributed by atoms with E-state index in [0.29, 0.717) is 0 Å². The van der Waals surface area contributed by atoms with Gasteiger partial charge in [-0.2, -0.15) is 0 Å². The Morgan fingerprint density at radius 3 is 1.53 bits per heavy atom. The van der Waals surface area contributed by atoms with Crippen LogP contribution in [0.15, 0.2) is 140 Å². The van der Waals surface area contributed by atoms with Crippen LogP contribution in [0.1, 0.15) is 27.7 Å². The summed E-state index contributed by atoms with van der Waals surface area (Å²) in [5, 5.41) is 4.96. The van der Waals surface area contributed by atoms with Crippen molar-refractivity contribution in [3.8, 4) is 55.6 Å². The highest BCUT2D eigenvalue weighted by Crippen LogP contribution is 2.57. The lowest BCUT2D eigenvalue weighted by Crippen LogP contribution is -2.41. The molecule has 0 spiro atoms. The number of fused-ring (bicyclic) bond motifs is 4. The minimum atomic E-state index is -0.442. The van der Waals surface area contributed by atoms with Crippen LogP contribution in [0.25, 0.3) is 77.2 Å². The predicted octanol–water partition coefficient (Wildman–Crippen LogP) is 10.9. The molecular formula is C44H35BO2. The first kappa shape index (κ1) is 28.3. The van der Waals surface area contributed by atoms with Gasteiger partial charge in [-0.25, -0.2) is 0 Å². The van der Waals surface area contributed by atoms with Crippen molar-refractivity contribution in [2.24, 2.45) is 0 Å². The van der Waals surface area contributed by atoms with Crippen molar-refractivity contribution in [1.29, 1.82) is 0 Å². The molecule has 7 aromatic rings. The molecule has 3 heteroatoms. The quantitative estimate of drug-likeness (QED) is 0.186. The first-order chi connectivity index (χ1) is 22.8. The molecule has 1 aliphatic heterocycles. The average Bonchev–Trinajstić information content (AvgIpc) is 3.54. The van der Waals surface area contributed by atoms with E-state index in [-0.39, 0.29) is 0 Å². The molecule has 0 aromatic heterocycles. The van der Waals surface area contributed by atoms with Gasteiger partial charge in [-0.1, -0.05) is 133 Å². The van der Waals surface area contributed by atoms with Crippen LogP contribution in [0.3, 0.4) is 0 Å². The zero-order valence-corrected chi connectivity index (χ0v) is 27.2. The molecule has 1 aliphatic carbocycles. The van der Waals surface area contributed by atoms with Gasteiger partial charge >= 0.3 is 7.12 Å². The van der Waals surface area contributed by atoms with Gasteiger partial charge in [0.2, 0.25) is 0 Å². The highest BCUT2D eigenvalue weighted by Gasteiger charge is 2.52. The summed E-state index contributed by atoms with van der Waals surface area (Å²) >= 11 is 0. The van der Waals surface area contributed by atoms with Gasteiger partial charge in [-0.3, -0.25) is 0 Å². The van der Waals surface area contributed by atoms with Crippen LogP contribution < -0.4 is 5.46 Å². The van der Waals surface area contributed by atoms with E-state index in [1.165, 1.54) is 77.2 Å². The summed E-state index contributed by atoms with van der Waals surface area (Å²) in [5.74, 6) is 0. The van der Waals surface area contributed by atoms with Crippen LogP contribution in [0.4, 0.5) is 0 Å². The molecule has 0 atom stereocenters. The molecule has 0 radical (unpaired) electrons. The lowest BCUT2D eigenvalue weighted by Gasteiger charge is -2.32. The molecule has 0 unspecified atom stereocenters. The van der Waals surface area contributed by atoms with Crippen molar-refractivity contribution < 1.29 is 9.31 Å². The lowest BCUT2D eigenvalue weighted by molar-refractivity contribution is 0.00578. The van der Waals surface area contributed by atoms with Crippen LogP contribution in [0.2, 0.25) is 0 Å². The number of hydrogen-bond acceptors (Lipinski definition) is 2. The van der Waals surface area contributed by atoms with Gasteiger partial charge in [0.05, 0.1) is 11.2 Å². The van der Waals surface area contributed by atoms with E-state index in [1.54, 1.807) is 0 Å². The van der Waals surface area contributed by atoms with Crippen LogP contribution in [0.5, 0.6) is 0 Å². The summed E-state index contributed by atoms with van der Waals surface area (Å²) in [6.07, 6.45) is 0. The van der Waals surface area contributed by atoms with Crippen molar-refractivity contribution in [1.82, 2.24) is 0 Å². The van der Waals surface area contributed by atoms with Gasteiger partial charge in [0, 0.05) is 0 Å². The van der Waals surface area contributed by atoms with Crippen molar-refractivity contribution in [2.45, 2.75) is 38.9 Å². The molecule has 2 aliphatic rings. The standard InChI is InChI=1S/C44H35BO2/c1-43(2)44(3,4)47-45(46-43)37-26-25-35-40-33(37)21-14-22-34(40)41-39(30-19-12-7-13-20-30)36-27-31(28-15-8-5-9-16-28)23-24-32(36)38(42(35)41)29-17-10-6-11-18-29/h5-27H,1-4H3. The molecule has 1 saturated heterocycles. The molecule has 226 valence electrons. The van der Waals surface area contributed by atoms with Gasteiger partial charge in [0.25, 0.3) is 0 Å². The van der Waals surface area contributed by atoms with E-state index in [4.69, 9.17) is 9.31 Å².